The zero-order chi connectivity index (χ0) is 19.3. The van der Waals surface area contributed by atoms with Crippen LogP contribution in [0.25, 0.3) is 0 Å². The predicted molar refractivity (Wildman–Crippen MR) is 101 cm³/mol. The van der Waals surface area contributed by atoms with Crippen LogP contribution < -0.4 is 4.72 Å². The van der Waals surface area contributed by atoms with Gasteiger partial charge in [0.1, 0.15) is 0 Å². The van der Waals surface area contributed by atoms with Gasteiger partial charge in [-0.2, -0.15) is 10.2 Å². The van der Waals surface area contributed by atoms with Gasteiger partial charge in [0, 0.05) is 5.69 Å². The van der Waals surface area contributed by atoms with Crippen LogP contribution in [0.15, 0.2) is 94.0 Å². The number of hydrogen-bond acceptors (Lipinski definition) is 5. The van der Waals surface area contributed by atoms with Crippen molar-refractivity contribution in [3.05, 3.63) is 84.4 Å². The first-order valence-corrected chi connectivity index (χ1v) is 9.35. The molecule has 7 nitrogen and oxygen atoms in total. The maximum Gasteiger partial charge on any atom is 0.335 e. The van der Waals surface area contributed by atoms with E-state index < -0.39 is 16.0 Å². The van der Waals surface area contributed by atoms with Crippen LogP contribution in [0.1, 0.15) is 10.4 Å². The van der Waals surface area contributed by atoms with Crippen molar-refractivity contribution in [2.24, 2.45) is 10.2 Å². The summed E-state index contributed by atoms with van der Waals surface area (Å²) >= 11 is 0. The van der Waals surface area contributed by atoms with Crippen LogP contribution in [0.4, 0.5) is 17.1 Å². The number of carboxylic acid groups (broad SMARTS) is 1. The van der Waals surface area contributed by atoms with Crippen LogP contribution >= 0.6 is 0 Å². The Morgan fingerprint density at radius 1 is 0.778 bits per heavy atom. The van der Waals surface area contributed by atoms with Crippen molar-refractivity contribution in [3.63, 3.8) is 0 Å². The Bertz CT molecular complexity index is 1060. The lowest BCUT2D eigenvalue weighted by atomic mass is 10.2. The molecular weight excluding hydrogens is 366 g/mol. The van der Waals surface area contributed by atoms with E-state index in [4.69, 9.17) is 5.11 Å². The van der Waals surface area contributed by atoms with Gasteiger partial charge in [0.2, 0.25) is 0 Å². The van der Waals surface area contributed by atoms with Crippen LogP contribution in [0.2, 0.25) is 0 Å². The monoisotopic (exact) mass is 381 g/mol. The summed E-state index contributed by atoms with van der Waals surface area (Å²) in [6, 6.07) is 20.6. The summed E-state index contributed by atoms with van der Waals surface area (Å²) in [6.45, 7) is 0. The Kier molecular flexibility index (Phi) is 5.28. The van der Waals surface area contributed by atoms with E-state index in [1.54, 1.807) is 24.3 Å². The number of rotatable bonds is 6. The van der Waals surface area contributed by atoms with E-state index >= 15 is 0 Å². The standard InChI is InChI=1S/C19H15N3O4S/c23-19(24)14-6-12-18(13-7-14)27(25,26)22-17-10-8-16(9-11-17)21-20-15-4-2-1-3-5-15/h1-13,22H,(H,23,24). The molecule has 3 aromatic carbocycles. The van der Waals surface area contributed by atoms with E-state index in [-0.39, 0.29) is 10.5 Å². The molecule has 0 amide bonds. The number of azo groups is 1. The maximum atomic E-state index is 12.4. The number of nitrogens with one attached hydrogen (secondary N) is 1. The largest absolute Gasteiger partial charge is 0.478 e. The van der Waals surface area contributed by atoms with Crippen molar-refractivity contribution < 1.29 is 18.3 Å². The fraction of sp³-hybridized carbons (Fsp3) is 0. The molecule has 0 heterocycles. The molecule has 0 fully saturated rings. The number of nitrogens with zero attached hydrogens (tertiary/aromatic N) is 2. The van der Waals surface area contributed by atoms with Gasteiger partial charge in [-0.25, -0.2) is 13.2 Å². The Morgan fingerprint density at radius 2 is 1.33 bits per heavy atom. The fourth-order valence-electron chi connectivity index (χ4n) is 2.20. The second-order valence-electron chi connectivity index (χ2n) is 5.52. The molecule has 0 bridgehead atoms. The molecule has 0 aliphatic heterocycles. The SMILES string of the molecule is O=C(O)c1ccc(S(=O)(=O)Nc2ccc(N=Nc3ccccc3)cc2)cc1. The number of aromatic carboxylic acids is 1. The summed E-state index contributed by atoms with van der Waals surface area (Å²) in [4.78, 5) is 10.8. The van der Waals surface area contributed by atoms with Gasteiger partial charge in [0.15, 0.2) is 0 Å². The molecule has 0 aromatic heterocycles. The van der Waals surface area contributed by atoms with Crippen LogP contribution in [-0.4, -0.2) is 19.5 Å². The molecule has 3 rings (SSSR count). The first-order valence-electron chi connectivity index (χ1n) is 7.87. The van der Waals surface area contributed by atoms with E-state index in [1.165, 1.54) is 24.3 Å². The number of carbonyl (C=O) groups is 1. The molecule has 0 aliphatic carbocycles. The minimum atomic E-state index is -3.82. The van der Waals surface area contributed by atoms with Gasteiger partial charge in [-0.3, -0.25) is 4.72 Å². The minimum absolute atomic E-state index is 0.0158. The molecule has 0 unspecified atom stereocenters. The summed E-state index contributed by atoms with van der Waals surface area (Å²) in [5.41, 5.74) is 1.66. The van der Waals surface area contributed by atoms with Crippen molar-refractivity contribution in [2.75, 3.05) is 4.72 Å². The number of benzene rings is 3. The van der Waals surface area contributed by atoms with Crippen LogP contribution in [0.3, 0.4) is 0 Å². The van der Waals surface area contributed by atoms with Crippen molar-refractivity contribution in [3.8, 4) is 0 Å². The Hall–Kier alpha value is -3.52. The molecule has 2 N–H and O–H groups in total. The lowest BCUT2D eigenvalue weighted by Crippen LogP contribution is -2.13. The third kappa shape index (κ3) is 4.77. The van der Waals surface area contributed by atoms with Crippen LogP contribution in [0, 0.1) is 0 Å². The van der Waals surface area contributed by atoms with E-state index in [0.29, 0.717) is 17.1 Å². The summed E-state index contributed by atoms with van der Waals surface area (Å²) in [5.74, 6) is -1.12. The fourth-order valence-corrected chi connectivity index (χ4v) is 3.26. The van der Waals surface area contributed by atoms with Gasteiger partial charge in [-0.05, 0) is 60.7 Å². The highest BCUT2D eigenvalue weighted by Gasteiger charge is 2.15. The summed E-state index contributed by atoms with van der Waals surface area (Å²) in [6.07, 6.45) is 0. The molecule has 0 radical (unpaired) electrons. The molecule has 0 aliphatic rings. The molecule has 0 saturated heterocycles. The third-order valence-corrected chi connectivity index (χ3v) is 4.97. The highest BCUT2D eigenvalue weighted by atomic mass is 32.2. The smallest absolute Gasteiger partial charge is 0.335 e. The molecular formula is C19H15N3O4S. The van der Waals surface area contributed by atoms with E-state index in [1.807, 2.05) is 30.3 Å². The minimum Gasteiger partial charge on any atom is -0.478 e. The molecule has 27 heavy (non-hydrogen) atoms. The maximum absolute atomic E-state index is 12.4. The zero-order valence-corrected chi connectivity index (χ0v) is 14.8. The molecule has 136 valence electrons. The Morgan fingerprint density at radius 3 is 1.89 bits per heavy atom. The van der Waals surface area contributed by atoms with E-state index in [2.05, 4.69) is 15.0 Å². The predicted octanol–water partition coefficient (Wildman–Crippen LogP) is 4.60. The Balaban J connectivity index is 1.71. The van der Waals surface area contributed by atoms with E-state index in [0.717, 1.165) is 0 Å². The number of hydrogen-bond donors (Lipinski definition) is 2. The molecule has 0 spiro atoms. The summed E-state index contributed by atoms with van der Waals surface area (Å²) < 4.78 is 27.2. The molecule has 8 heteroatoms. The van der Waals surface area contributed by atoms with Gasteiger partial charge in [-0.1, -0.05) is 18.2 Å². The zero-order valence-electron chi connectivity index (χ0n) is 14.0. The summed E-state index contributed by atoms with van der Waals surface area (Å²) in [5, 5.41) is 17.1. The van der Waals surface area contributed by atoms with E-state index in [9.17, 15) is 13.2 Å². The Labute approximate surface area is 156 Å². The van der Waals surface area contributed by atoms with Gasteiger partial charge < -0.3 is 5.11 Å². The molecule has 3 aromatic rings. The second kappa shape index (κ2) is 7.79. The van der Waals surface area contributed by atoms with Crippen molar-refractivity contribution in [1.82, 2.24) is 0 Å². The van der Waals surface area contributed by atoms with Crippen LogP contribution in [-0.2, 0) is 10.0 Å². The number of carboxylic acids is 1. The number of sulfonamides is 1. The quantitative estimate of drug-likeness (QED) is 0.608. The van der Waals surface area contributed by atoms with Crippen LogP contribution in [0.5, 0.6) is 0 Å². The first kappa shape index (κ1) is 18.3. The topological polar surface area (TPSA) is 108 Å². The highest BCUT2D eigenvalue weighted by molar-refractivity contribution is 7.92. The average Bonchev–Trinajstić information content (AvgIpc) is 2.68. The lowest BCUT2D eigenvalue weighted by molar-refractivity contribution is 0.0696. The molecule has 0 atom stereocenters. The van der Waals surface area contributed by atoms with Crippen molar-refractivity contribution >= 4 is 33.1 Å². The van der Waals surface area contributed by atoms with Crippen molar-refractivity contribution in [2.45, 2.75) is 4.90 Å². The van der Waals surface area contributed by atoms with Crippen molar-refractivity contribution in [1.29, 1.82) is 0 Å². The van der Waals surface area contributed by atoms with Gasteiger partial charge in [0.05, 0.1) is 21.8 Å². The van der Waals surface area contributed by atoms with Gasteiger partial charge >= 0.3 is 5.97 Å². The average molecular weight is 381 g/mol. The normalized spacial score (nSPS) is 11.4. The first-order chi connectivity index (χ1) is 12.9. The summed E-state index contributed by atoms with van der Waals surface area (Å²) in [7, 11) is -3.82. The van der Waals surface area contributed by atoms with Gasteiger partial charge in [0.25, 0.3) is 10.0 Å². The second-order valence-corrected chi connectivity index (χ2v) is 7.20. The van der Waals surface area contributed by atoms with Gasteiger partial charge in [-0.15, -0.1) is 0 Å². The lowest BCUT2D eigenvalue weighted by Gasteiger charge is -2.08. The molecule has 0 saturated carbocycles. The number of anilines is 1. The third-order valence-electron chi connectivity index (χ3n) is 3.57. The highest BCUT2D eigenvalue weighted by Crippen LogP contribution is 2.22.